The van der Waals surface area contributed by atoms with Gasteiger partial charge in [0, 0.05) is 29.7 Å². The van der Waals surface area contributed by atoms with Gasteiger partial charge in [0.15, 0.2) is 0 Å². The quantitative estimate of drug-likeness (QED) is 0.702. The zero-order chi connectivity index (χ0) is 13.8. The standard InChI is InChI=1S/C18H20N2/c1-2-17(14-8-4-3-5-9-14)19-12-15-13-20-18-11-7-6-10-16(15)18/h3-11,13,17,19-20H,2,12H2,1H3. The van der Waals surface area contributed by atoms with E-state index in [0.29, 0.717) is 6.04 Å². The molecule has 1 unspecified atom stereocenters. The average molecular weight is 264 g/mol. The highest BCUT2D eigenvalue weighted by Gasteiger charge is 2.09. The molecular weight excluding hydrogens is 244 g/mol. The molecule has 2 nitrogen and oxygen atoms in total. The van der Waals surface area contributed by atoms with Crippen LogP contribution in [-0.4, -0.2) is 4.98 Å². The van der Waals surface area contributed by atoms with Crippen LogP contribution in [0.4, 0.5) is 0 Å². The molecule has 0 aliphatic carbocycles. The molecule has 0 radical (unpaired) electrons. The second-order valence-corrected chi connectivity index (χ2v) is 5.11. The van der Waals surface area contributed by atoms with Crippen molar-refractivity contribution in [3.63, 3.8) is 0 Å². The maximum Gasteiger partial charge on any atom is 0.0457 e. The molecule has 102 valence electrons. The molecule has 1 atom stereocenters. The minimum atomic E-state index is 0.407. The van der Waals surface area contributed by atoms with E-state index in [4.69, 9.17) is 0 Å². The Morgan fingerprint density at radius 3 is 2.55 bits per heavy atom. The smallest absolute Gasteiger partial charge is 0.0457 e. The molecule has 1 heterocycles. The third-order valence-electron chi connectivity index (χ3n) is 3.82. The SMILES string of the molecule is CCC(NCc1c[nH]c2ccccc12)c1ccccc1. The van der Waals surface area contributed by atoms with Gasteiger partial charge in [-0.2, -0.15) is 0 Å². The van der Waals surface area contributed by atoms with Crippen LogP contribution in [0.5, 0.6) is 0 Å². The Morgan fingerprint density at radius 2 is 1.75 bits per heavy atom. The van der Waals surface area contributed by atoms with Crippen LogP contribution in [0, 0.1) is 0 Å². The van der Waals surface area contributed by atoms with Crippen molar-refractivity contribution in [1.29, 1.82) is 0 Å². The summed E-state index contributed by atoms with van der Waals surface area (Å²) in [5.41, 5.74) is 3.89. The van der Waals surface area contributed by atoms with E-state index in [1.54, 1.807) is 0 Å². The summed E-state index contributed by atoms with van der Waals surface area (Å²) in [6.45, 7) is 3.11. The number of hydrogen-bond acceptors (Lipinski definition) is 1. The lowest BCUT2D eigenvalue weighted by Gasteiger charge is -2.17. The number of benzene rings is 2. The molecule has 0 amide bonds. The largest absolute Gasteiger partial charge is 0.361 e. The highest BCUT2D eigenvalue weighted by molar-refractivity contribution is 5.82. The number of fused-ring (bicyclic) bond motifs is 1. The predicted molar refractivity (Wildman–Crippen MR) is 84.6 cm³/mol. The van der Waals surface area contributed by atoms with Gasteiger partial charge in [-0.15, -0.1) is 0 Å². The Morgan fingerprint density at radius 1 is 1.00 bits per heavy atom. The molecule has 0 aliphatic heterocycles. The van der Waals surface area contributed by atoms with Crippen LogP contribution in [0.3, 0.4) is 0 Å². The summed E-state index contributed by atoms with van der Waals surface area (Å²) in [6.07, 6.45) is 3.20. The minimum Gasteiger partial charge on any atom is -0.361 e. The monoisotopic (exact) mass is 264 g/mol. The van der Waals surface area contributed by atoms with Crippen molar-refractivity contribution < 1.29 is 0 Å². The maximum absolute atomic E-state index is 3.66. The van der Waals surface area contributed by atoms with Crippen LogP contribution >= 0.6 is 0 Å². The summed E-state index contributed by atoms with van der Waals surface area (Å²) in [4.78, 5) is 3.33. The molecule has 3 aromatic rings. The minimum absolute atomic E-state index is 0.407. The molecular formula is C18H20N2. The van der Waals surface area contributed by atoms with Crippen molar-refractivity contribution in [1.82, 2.24) is 10.3 Å². The summed E-state index contributed by atoms with van der Waals surface area (Å²) in [7, 11) is 0. The lowest BCUT2D eigenvalue weighted by molar-refractivity contribution is 0.520. The van der Waals surface area contributed by atoms with Crippen molar-refractivity contribution in [3.05, 3.63) is 71.9 Å². The zero-order valence-electron chi connectivity index (χ0n) is 11.8. The molecule has 20 heavy (non-hydrogen) atoms. The predicted octanol–water partition coefficient (Wildman–Crippen LogP) is 4.41. The molecule has 2 heteroatoms. The van der Waals surface area contributed by atoms with Crippen LogP contribution < -0.4 is 5.32 Å². The molecule has 3 rings (SSSR count). The lowest BCUT2D eigenvalue weighted by Crippen LogP contribution is -2.20. The number of aromatic nitrogens is 1. The Balaban J connectivity index is 1.75. The van der Waals surface area contributed by atoms with E-state index in [1.165, 1.54) is 22.0 Å². The molecule has 0 saturated carbocycles. The molecule has 0 saturated heterocycles. The summed E-state index contributed by atoms with van der Waals surface area (Å²) in [6, 6.07) is 19.5. The fourth-order valence-corrected chi connectivity index (χ4v) is 2.69. The molecule has 0 bridgehead atoms. The fourth-order valence-electron chi connectivity index (χ4n) is 2.69. The van der Waals surface area contributed by atoms with E-state index >= 15 is 0 Å². The maximum atomic E-state index is 3.66. The van der Waals surface area contributed by atoms with Crippen LogP contribution in [0.1, 0.15) is 30.5 Å². The summed E-state index contributed by atoms with van der Waals surface area (Å²) in [5.74, 6) is 0. The topological polar surface area (TPSA) is 27.8 Å². The molecule has 0 spiro atoms. The summed E-state index contributed by atoms with van der Waals surface area (Å²) in [5, 5.41) is 4.97. The van der Waals surface area contributed by atoms with Crippen molar-refractivity contribution in [3.8, 4) is 0 Å². The number of hydrogen-bond donors (Lipinski definition) is 2. The van der Waals surface area contributed by atoms with Gasteiger partial charge in [-0.05, 0) is 23.6 Å². The molecule has 2 aromatic carbocycles. The van der Waals surface area contributed by atoms with Gasteiger partial charge in [0.1, 0.15) is 0 Å². The number of nitrogens with one attached hydrogen (secondary N) is 2. The van der Waals surface area contributed by atoms with E-state index in [9.17, 15) is 0 Å². The first-order valence-electron chi connectivity index (χ1n) is 7.22. The van der Waals surface area contributed by atoms with Crippen molar-refractivity contribution in [2.75, 3.05) is 0 Å². The number of para-hydroxylation sites is 1. The number of rotatable bonds is 5. The molecule has 1 aromatic heterocycles. The van der Waals surface area contributed by atoms with Gasteiger partial charge in [-0.25, -0.2) is 0 Å². The van der Waals surface area contributed by atoms with E-state index in [0.717, 1.165) is 13.0 Å². The van der Waals surface area contributed by atoms with Crippen LogP contribution in [0.15, 0.2) is 60.8 Å². The fraction of sp³-hybridized carbons (Fsp3) is 0.222. The lowest BCUT2D eigenvalue weighted by atomic mass is 10.0. The third-order valence-corrected chi connectivity index (χ3v) is 3.82. The van der Waals surface area contributed by atoms with Crippen molar-refractivity contribution >= 4 is 10.9 Å². The first-order valence-corrected chi connectivity index (χ1v) is 7.22. The molecule has 0 aliphatic rings. The van der Waals surface area contributed by atoms with E-state index in [2.05, 4.69) is 78.0 Å². The van der Waals surface area contributed by atoms with Gasteiger partial charge < -0.3 is 10.3 Å². The van der Waals surface area contributed by atoms with Crippen molar-refractivity contribution in [2.24, 2.45) is 0 Å². The molecule has 0 fully saturated rings. The Kier molecular flexibility index (Phi) is 3.84. The van der Waals surface area contributed by atoms with Gasteiger partial charge in [-0.3, -0.25) is 0 Å². The first kappa shape index (κ1) is 12.9. The van der Waals surface area contributed by atoms with E-state index < -0.39 is 0 Å². The van der Waals surface area contributed by atoms with Crippen molar-refractivity contribution in [2.45, 2.75) is 25.9 Å². The number of H-pyrrole nitrogens is 1. The van der Waals surface area contributed by atoms with Gasteiger partial charge in [0.2, 0.25) is 0 Å². The van der Waals surface area contributed by atoms with Crippen LogP contribution in [0.25, 0.3) is 10.9 Å². The molecule has 2 N–H and O–H groups in total. The second kappa shape index (κ2) is 5.93. The Hall–Kier alpha value is -2.06. The highest BCUT2D eigenvalue weighted by Crippen LogP contribution is 2.20. The zero-order valence-corrected chi connectivity index (χ0v) is 11.8. The Bertz CT molecular complexity index is 670. The van der Waals surface area contributed by atoms with E-state index in [1.807, 2.05) is 0 Å². The Labute approximate surface area is 119 Å². The first-order chi connectivity index (χ1) is 9.88. The summed E-state index contributed by atoms with van der Waals surface area (Å²) >= 11 is 0. The normalized spacial score (nSPS) is 12.7. The van der Waals surface area contributed by atoms with Crippen LogP contribution in [0.2, 0.25) is 0 Å². The highest BCUT2D eigenvalue weighted by atomic mass is 14.9. The van der Waals surface area contributed by atoms with Gasteiger partial charge in [0.05, 0.1) is 0 Å². The van der Waals surface area contributed by atoms with Crippen LogP contribution in [-0.2, 0) is 6.54 Å². The third kappa shape index (κ3) is 2.61. The van der Waals surface area contributed by atoms with Gasteiger partial charge in [0.25, 0.3) is 0 Å². The van der Waals surface area contributed by atoms with Gasteiger partial charge in [-0.1, -0.05) is 55.5 Å². The van der Waals surface area contributed by atoms with E-state index in [-0.39, 0.29) is 0 Å². The second-order valence-electron chi connectivity index (χ2n) is 5.11. The summed E-state index contributed by atoms with van der Waals surface area (Å²) < 4.78 is 0. The average Bonchev–Trinajstić information content (AvgIpc) is 2.92. The number of aromatic amines is 1. The van der Waals surface area contributed by atoms with Gasteiger partial charge >= 0.3 is 0 Å².